The SMILES string of the molecule is Cc1ncsc1-c1ccc(CNC(=O)[C@@H]2C[C@@H](O)CN2C(=O)[C@@H](NC(=O)COCC(=O)N2CCN(c3ccc(Nc4nc5cccc(-c6ccc(S(C)(=O)=O)cc6)n5n4)cc3)CC2)C(C)(C)C)cc1. The summed E-state index contributed by atoms with van der Waals surface area (Å²) in [5, 5.41) is 24.2. The van der Waals surface area contributed by atoms with Crippen LogP contribution in [0.2, 0.25) is 0 Å². The maximum atomic E-state index is 14.0. The van der Waals surface area contributed by atoms with Gasteiger partial charge in [-0.05, 0) is 72.0 Å². The number of hydrogen-bond acceptors (Lipinski definition) is 14. The number of β-amino-alcohol motifs (C(OH)–C–C–N with tert-alkyl or cyclic N) is 1. The molecule has 362 valence electrons. The van der Waals surface area contributed by atoms with Gasteiger partial charge in [0.25, 0.3) is 0 Å². The molecule has 5 heterocycles. The lowest BCUT2D eigenvalue weighted by Gasteiger charge is -2.36. The highest BCUT2D eigenvalue weighted by atomic mass is 32.2. The largest absolute Gasteiger partial charge is 0.391 e. The van der Waals surface area contributed by atoms with Gasteiger partial charge < -0.3 is 40.5 Å². The number of anilines is 3. The first-order valence-electron chi connectivity index (χ1n) is 22.6. The van der Waals surface area contributed by atoms with Crippen molar-refractivity contribution >= 4 is 67.8 Å². The summed E-state index contributed by atoms with van der Waals surface area (Å²) in [4.78, 5) is 69.3. The van der Waals surface area contributed by atoms with E-state index in [4.69, 9.17) is 4.74 Å². The topological polar surface area (TPSA) is 221 Å². The molecule has 4 N–H and O–H groups in total. The number of piperazine rings is 1. The van der Waals surface area contributed by atoms with Crippen molar-refractivity contribution in [2.45, 2.75) is 63.7 Å². The Bertz CT molecular complexity index is 2930. The zero-order valence-corrected chi connectivity index (χ0v) is 40.7. The Labute approximate surface area is 404 Å². The number of fused-ring (bicyclic) bond motifs is 1. The minimum atomic E-state index is -3.32. The number of sulfone groups is 1. The number of benzene rings is 3. The molecule has 2 saturated heterocycles. The number of nitrogens with zero attached hydrogens (tertiary/aromatic N) is 7. The molecule has 3 atom stereocenters. The van der Waals surface area contributed by atoms with Crippen molar-refractivity contribution in [3.05, 3.63) is 108 Å². The fraction of sp³-hybridized carbons (Fsp3) is 0.367. The van der Waals surface area contributed by atoms with E-state index in [1.807, 2.05) is 73.7 Å². The van der Waals surface area contributed by atoms with E-state index in [0.29, 0.717) is 37.8 Å². The van der Waals surface area contributed by atoms with E-state index < -0.39 is 57.8 Å². The number of rotatable bonds is 15. The number of aliphatic hydroxyl groups is 1. The molecule has 2 fully saturated rings. The van der Waals surface area contributed by atoms with Gasteiger partial charge in [0.2, 0.25) is 29.6 Å². The van der Waals surface area contributed by atoms with Gasteiger partial charge in [0.1, 0.15) is 25.3 Å². The Morgan fingerprint density at radius 3 is 2.25 bits per heavy atom. The van der Waals surface area contributed by atoms with E-state index >= 15 is 0 Å². The highest BCUT2D eigenvalue weighted by molar-refractivity contribution is 7.90. The maximum Gasteiger partial charge on any atom is 0.248 e. The average Bonchev–Trinajstić information content (AvgIpc) is 4.07. The predicted octanol–water partition coefficient (Wildman–Crippen LogP) is 4.45. The Morgan fingerprint density at radius 1 is 0.899 bits per heavy atom. The van der Waals surface area contributed by atoms with E-state index in [1.54, 1.807) is 71.3 Å². The number of ether oxygens (including phenoxy) is 1. The van der Waals surface area contributed by atoms with Gasteiger partial charge in [0.15, 0.2) is 15.5 Å². The summed E-state index contributed by atoms with van der Waals surface area (Å²) in [6, 6.07) is 25.9. The second-order valence-corrected chi connectivity index (χ2v) is 21.3. The second kappa shape index (κ2) is 20.5. The Balaban J connectivity index is 0.781. The first kappa shape index (κ1) is 48.7. The van der Waals surface area contributed by atoms with Crippen molar-refractivity contribution in [3.63, 3.8) is 0 Å². The van der Waals surface area contributed by atoms with Crippen LogP contribution in [-0.4, -0.2) is 137 Å². The summed E-state index contributed by atoms with van der Waals surface area (Å²) in [6.45, 7) is 8.85. The molecule has 0 saturated carbocycles. The average molecular weight is 977 g/mol. The van der Waals surface area contributed by atoms with Crippen molar-refractivity contribution in [3.8, 4) is 21.7 Å². The number of amides is 4. The van der Waals surface area contributed by atoms with Crippen molar-refractivity contribution in [1.82, 2.24) is 40.0 Å². The predicted molar refractivity (Wildman–Crippen MR) is 263 cm³/mol. The molecule has 0 aliphatic carbocycles. The molecule has 0 radical (unpaired) electrons. The first-order valence-corrected chi connectivity index (χ1v) is 25.4. The molecule has 4 amide bonds. The van der Waals surface area contributed by atoms with Gasteiger partial charge >= 0.3 is 0 Å². The summed E-state index contributed by atoms with van der Waals surface area (Å²) < 4.78 is 31.1. The van der Waals surface area contributed by atoms with Gasteiger partial charge in [-0.3, -0.25) is 19.2 Å². The number of hydrogen-bond donors (Lipinski definition) is 4. The van der Waals surface area contributed by atoms with Crippen LogP contribution >= 0.6 is 11.3 Å². The van der Waals surface area contributed by atoms with Crippen LogP contribution in [0, 0.1) is 12.3 Å². The number of likely N-dealkylation sites (tertiary alicyclic amines) is 1. The van der Waals surface area contributed by atoms with Crippen LogP contribution in [-0.2, 0) is 40.3 Å². The molecule has 2 aliphatic heterocycles. The number of aryl methyl sites for hydroxylation is 1. The molecular formula is C49H56N10O8S2. The number of pyridine rings is 1. The number of thiazole rings is 1. The van der Waals surface area contributed by atoms with Gasteiger partial charge in [0, 0.05) is 68.9 Å². The molecule has 0 spiro atoms. The number of carbonyl (C=O) groups excluding carboxylic acids is 4. The van der Waals surface area contributed by atoms with Gasteiger partial charge in [-0.1, -0.05) is 63.2 Å². The summed E-state index contributed by atoms with van der Waals surface area (Å²) in [5.74, 6) is -1.34. The Morgan fingerprint density at radius 2 is 1.59 bits per heavy atom. The van der Waals surface area contributed by atoms with E-state index in [2.05, 4.69) is 35.9 Å². The molecule has 0 bridgehead atoms. The monoisotopic (exact) mass is 976 g/mol. The number of aromatic nitrogens is 4. The summed E-state index contributed by atoms with van der Waals surface area (Å²) in [7, 11) is -3.32. The van der Waals surface area contributed by atoms with Crippen LogP contribution < -0.4 is 20.9 Å². The van der Waals surface area contributed by atoms with Crippen LogP contribution in [0.15, 0.2) is 101 Å². The second-order valence-electron chi connectivity index (χ2n) is 18.4. The quantitative estimate of drug-likeness (QED) is 0.112. The highest BCUT2D eigenvalue weighted by Gasteiger charge is 2.44. The van der Waals surface area contributed by atoms with Crippen LogP contribution in [0.1, 0.15) is 38.4 Å². The van der Waals surface area contributed by atoms with Crippen LogP contribution in [0.5, 0.6) is 0 Å². The molecule has 8 rings (SSSR count). The van der Waals surface area contributed by atoms with Crippen LogP contribution in [0.25, 0.3) is 27.3 Å². The smallest absolute Gasteiger partial charge is 0.248 e. The lowest BCUT2D eigenvalue weighted by Crippen LogP contribution is -2.58. The Hall–Kier alpha value is -6.74. The number of carbonyl (C=O) groups is 4. The number of aliphatic hydroxyl groups excluding tert-OH is 1. The molecule has 6 aromatic rings. The molecule has 18 nitrogen and oxygen atoms in total. The van der Waals surface area contributed by atoms with Gasteiger partial charge in [0.05, 0.1) is 32.8 Å². The van der Waals surface area contributed by atoms with Gasteiger partial charge in [-0.2, -0.15) is 4.98 Å². The lowest BCUT2D eigenvalue weighted by molar-refractivity contribution is -0.145. The van der Waals surface area contributed by atoms with E-state index in [9.17, 15) is 32.7 Å². The standard InChI is InChI=1S/C49H56N10O8S2/c1-31-44(68-30-51-31)34-11-9-32(10-12-34)26-50-46(63)40-25-37(60)27-58(40)47(64)45(49(2,3)4)54-42(61)28-67-29-43(62)57-23-21-56(22-24-57)36-17-15-35(16-18-36)52-48-53-41-8-6-7-39(59(41)55-48)33-13-19-38(20-14-33)69(5,65)66/h6-20,30,37,40,45,60H,21-29H2,1-5H3,(H,50,63)(H,52,55)(H,54,61)/t37-,40+,45-/m1/s1. The summed E-state index contributed by atoms with van der Waals surface area (Å²) in [6.07, 6.45) is 0.335. The van der Waals surface area contributed by atoms with Crippen LogP contribution in [0.4, 0.5) is 17.3 Å². The normalized spacial score (nSPS) is 16.9. The molecule has 3 aromatic heterocycles. The molecule has 20 heteroatoms. The zero-order chi connectivity index (χ0) is 49.0. The summed E-state index contributed by atoms with van der Waals surface area (Å²) >= 11 is 1.56. The molecular weight excluding hydrogens is 921 g/mol. The fourth-order valence-corrected chi connectivity index (χ4v) is 9.90. The Kier molecular flexibility index (Phi) is 14.4. The maximum absolute atomic E-state index is 14.0. The molecule has 0 unspecified atom stereocenters. The third-order valence-corrected chi connectivity index (χ3v) is 14.3. The van der Waals surface area contributed by atoms with Crippen molar-refractivity contribution < 1.29 is 37.4 Å². The number of nitrogens with one attached hydrogen (secondary N) is 3. The first-order chi connectivity index (χ1) is 32.9. The molecule has 2 aliphatic rings. The fourth-order valence-electron chi connectivity index (χ4n) is 8.45. The third kappa shape index (κ3) is 11.6. The van der Waals surface area contributed by atoms with E-state index in [1.165, 1.54) is 11.2 Å². The lowest BCUT2D eigenvalue weighted by atomic mass is 9.85. The molecule has 3 aromatic carbocycles. The highest BCUT2D eigenvalue weighted by Crippen LogP contribution is 2.29. The van der Waals surface area contributed by atoms with Gasteiger partial charge in [-0.25, -0.2) is 17.9 Å². The third-order valence-electron chi connectivity index (χ3n) is 12.2. The van der Waals surface area contributed by atoms with E-state index in [-0.39, 0.29) is 36.9 Å². The van der Waals surface area contributed by atoms with E-state index in [0.717, 1.165) is 44.3 Å². The van der Waals surface area contributed by atoms with Crippen LogP contribution in [0.3, 0.4) is 0 Å². The van der Waals surface area contributed by atoms with Crippen molar-refractivity contribution in [2.24, 2.45) is 5.41 Å². The van der Waals surface area contributed by atoms with Crippen molar-refractivity contribution in [1.29, 1.82) is 0 Å². The van der Waals surface area contributed by atoms with Crippen molar-refractivity contribution in [2.75, 3.05) is 62.4 Å². The summed E-state index contributed by atoms with van der Waals surface area (Å²) in [5.41, 5.74) is 7.83. The minimum absolute atomic E-state index is 0.0529. The molecule has 69 heavy (non-hydrogen) atoms. The van der Waals surface area contributed by atoms with Gasteiger partial charge in [-0.15, -0.1) is 16.4 Å². The minimum Gasteiger partial charge on any atom is -0.391 e. The zero-order valence-electron chi connectivity index (χ0n) is 39.1.